The molecule has 0 radical (unpaired) electrons. The number of rotatable bonds is 8. The number of halogens is 1. The lowest BCUT2D eigenvalue weighted by molar-refractivity contribution is -0.197. The molecule has 2 bridgehead atoms. The highest BCUT2D eigenvalue weighted by molar-refractivity contribution is 14.1. The topological polar surface area (TPSA) is 41.9 Å². The van der Waals surface area contributed by atoms with E-state index in [1.807, 2.05) is 0 Å². The highest BCUT2D eigenvalue weighted by Gasteiger charge is 2.73. The lowest BCUT2D eigenvalue weighted by Crippen LogP contribution is -2.42. The zero-order valence-electron chi connectivity index (χ0n) is 18.9. The van der Waals surface area contributed by atoms with E-state index in [1.165, 1.54) is 44.1 Å². The number of hydrogen-bond acceptors (Lipinski definition) is 4. The van der Waals surface area contributed by atoms with Gasteiger partial charge in [-0.25, -0.2) is 0 Å². The summed E-state index contributed by atoms with van der Waals surface area (Å²) in [6.07, 6.45) is 8.73. The van der Waals surface area contributed by atoms with Crippen molar-refractivity contribution in [1.82, 2.24) is 5.06 Å². The Bertz CT molecular complexity index is 638. The van der Waals surface area contributed by atoms with E-state index in [-0.39, 0.29) is 36.4 Å². The van der Waals surface area contributed by atoms with Crippen molar-refractivity contribution >= 4 is 22.6 Å². The highest BCUT2D eigenvalue weighted by atomic mass is 127. The SMILES string of the molecule is C/C(=C\I)C[C@H](C)CCCC[C@H]1ON2[C@H]3[C@@H]4CC[C@](C)([C@H]3O[C@@H]2[C@@H]1CO)C4(C)C. The molecule has 2 aliphatic heterocycles. The maximum absolute atomic E-state index is 10.1. The van der Waals surface area contributed by atoms with Crippen molar-refractivity contribution in [2.24, 2.45) is 28.6 Å². The molecule has 2 saturated carbocycles. The monoisotopic (exact) mass is 517 g/mol. The van der Waals surface area contributed by atoms with Gasteiger partial charge in [0.15, 0.2) is 0 Å². The van der Waals surface area contributed by atoms with Gasteiger partial charge in [0.2, 0.25) is 0 Å². The molecule has 0 aromatic carbocycles. The fourth-order valence-electron chi connectivity index (χ4n) is 7.02. The predicted molar refractivity (Wildman–Crippen MR) is 124 cm³/mol. The smallest absolute Gasteiger partial charge is 0.141 e. The predicted octanol–water partition coefficient (Wildman–Crippen LogP) is 5.69. The zero-order chi connectivity index (χ0) is 21.0. The Balaban J connectivity index is 1.33. The summed E-state index contributed by atoms with van der Waals surface area (Å²) in [7, 11) is 0. The molecule has 8 atom stereocenters. The molecule has 2 aliphatic carbocycles. The van der Waals surface area contributed by atoms with Crippen LogP contribution in [0.25, 0.3) is 0 Å². The van der Waals surface area contributed by atoms with Crippen LogP contribution in [0.1, 0.15) is 79.6 Å². The number of aliphatic hydroxyl groups excluding tert-OH is 1. The Morgan fingerprint density at radius 1 is 1.31 bits per heavy atom. The summed E-state index contributed by atoms with van der Waals surface area (Å²) in [6.45, 7) is 12.0. The van der Waals surface area contributed by atoms with E-state index in [2.05, 4.69) is 66.4 Å². The average Bonchev–Trinajstić information content (AvgIpc) is 3.31. The van der Waals surface area contributed by atoms with Gasteiger partial charge < -0.3 is 9.84 Å². The normalized spacial score (nSPS) is 44.3. The highest BCUT2D eigenvalue weighted by Crippen LogP contribution is 2.70. The molecule has 2 heterocycles. The first-order chi connectivity index (χ1) is 13.7. The number of fused-ring (bicyclic) bond motifs is 7. The maximum atomic E-state index is 10.1. The molecule has 1 N–H and O–H groups in total. The van der Waals surface area contributed by atoms with Gasteiger partial charge in [-0.3, -0.25) is 4.84 Å². The summed E-state index contributed by atoms with van der Waals surface area (Å²) in [5.41, 5.74) is 2.00. The van der Waals surface area contributed by atoms with E-state index in [1.54, 1.807) is 0 Å². The van der Waals surface area contributed by atoms with E-state index in [4.69, 9.17) is 9.57 Å². The van der Waals surface area contributed by atoms with Crippen molar-refractivity contribution < 1.29 is 14.7 Å². The lowest BCUT2D eigenvalue weighted by Gasteiger charge is -2.38. The van der Waals surface area contributed by atoms with Gasteiger partial charge in [-0.1, -0.05) is 75.1 Å². The molecular formula is C24H40INO3. The summed E-state index contributed by atoms with van der Waals surface area (Å²) in [6, 6.07) is 0.371. The van der Waals surface area contributed by atoms with Crippen LogP contribution in [0, 0.1) is 28.6 Å². The van der Waals surface area contributed by atoms with Crippen molar-refractivity contribution in [2.45, 2.75) is 104 Å². The van der Waals surface area contributed by atoms with Crippen LogP contribution in [0.3, 0.4) is 0 Å². The summed E-state index contributed by atoms with van der Waals surface area (Å²) >= 11 is 2.34. The minimum atomic E-state index is -0.0496. The second kappa shape index (κ2) is 8.34. The number of aliphatic hydroxyl groups is 1. The Labute approximate surface area is 190 Å². The van der Waals surface area contributed by atoms with E-state index in [9.17, 15) is 5.11 Å². The van der Waals surface area contributed by atoms with Crippen LogP contribution < -0.4 is 0 Å². The Hall–Kier alpha value is 0.310. The van der Waals surface area contributed by atoms with Gasteiger partial charge >= 0.3 is 0 Å². The van der Waals surface area contributed by atoms with Crippen molar-refractivity contribution in [3.8, 4) is 0 Å². The molecule has 166 valence electrons. The van der Waals surface area contributed by atoms with Gasteiger partial charge in [0.1, 0.15) is 6.23 Å². The summed E-state index contributed by atoms with van der Waals surface area (Å²) in [5.74, 6) is 1.47. The largest absolute Gasteiger partial charge is 0.396 e. The van der Waals surface area contributed by atoms with Crippen LogP contribution in [-0.2, 0) is 9.57 Å². The molecule has 5 heteroatoms. The van der Waals surface area contributed by atoms with E-state index in [0.717, 1.165) is 12.3 Å². The van der Waals surface area contributed by atoms with Gasteiger partial charge in [-0.2, -0.15) is 5.06 Å². The Morgan fingerprint density at radius 3 is 2.76 bits per heavy atom. The molecule has 4 aliphatic rings. The Kier molecular flexibility index (Phi) is 6.47. The molecule has 0 amide bonds. The molecule has 4 rings (SSSR count). The van der Waals surface area contributed by atoms with Crippen LogP contribution in [0.5, 0.6) is 0 Å². The first kappa shape index (κ1) is 22.5. The standard InChI is InChI=1S/C24H40INO3/c1-15(12-16(2)13-25)8-6-7-9-19-17(14-27)22-26(29-19)20-18-10-11-24(5,21(20)28-22)23(18,3)4/h13,15,17-22,27H,6-12,14H2,1-5H3/b16-13+/t15-,17-,18+,19-,20+,21+,22-,24-/m1/s1. The summed E-state index contributed by atoms with van der Waals surface area (Å²) in [5, 5.41) is 12.3. The second-order valence-corrected chi connectivity index (χ2v) is 11.7. The van der Waals surface area contributed by atoms with Crippen LogP contribution in [0.2, 0.25) is 0 Å². The summed E-state index contributed by atoms with van der Waals surface area (Å²) < 4.78 is 8.85. The number of allylic oxidation sites excluding steroid dienone is 1. The number of hydroxylamine groups is 2. The molecule has 0 aromatic heterocycles. The molecule has 0 spiro atoms. The zero-order valence-corrected chi connectivity index (χ0v) is 21.0. The molecule has 4 nitrogen and oxygen atoms in total. The lowest BCUT2D eigenvalue weighted by atomic mass is 9.70. The van der Waals surface area contributed by atoms with Crippen LogP contribution in [0.15, 0.2) is 9.66 Å². The first-order valence-corrected chi connectivity index (χ1v) is 13.0. The number of ether oxygens (including phenoxy) is 1. The van der Waals surface area contributed by atoms with Crippen LogP contribution in [0.4, 0.5) is 0 Å². The van der Waals surface area contributed by atoms with Gasteiger partial charge in [-0.15, -0.1) is 0 Å². The van der Waals surface area contributed by atoms with Crippen molar-refractivity contribution in [1.29, 1.82) is 0 Å². The van der Waals surface area contributed by atoms with Crippen LogP contribution >= 0.6 is 22.6 Å². The van der Waals surface area contributed by atoms with Crippen molar-refractivity contribution in [3.05, 3.63) is 9.66 Å². The Morgan fingerprint density at radius 2 is 2.07 bits per heavy atom. The minimum absolute atomic E-state index is 0.0496. The molecule has 29 heavy (non-hydrogen) atoms. The van der Waals surface area contributed by atoms with Gasteiger partial charge in [0.25, 0.3) is 0 Å². The van der Waals surface area contributed by atoms with Crippen LogP contribution in [-0.4, -0.2) is 41.3 Å². The average molecular weight is 517 g/mol. The third-order valence-electron chi connectivity index (χ3n) is 9.16. The maximum Gasteiger partial charge on any atom is 0.141 e. The second-order valence-electron chi connectivity index (χ2n) is 11.1. The number of hydrogen-bond donors (Lipinski definition) is 1. The third kappa shape index (κ3) is 3.55. The first-order valence-electron chi connectivity index (χ1n) is 11.7. The van der Waals surface area contributed by atoms with Crippen molar-refractivity contribution in [2.75, 3.05) is 6.61 Å². The van der Waals surface area contributed by atoms with Gasteiger partial charge in [0.05, 0.1) is 30.8 Å². The van der Waals surface area contributed by atoms with Gasteiger partial charge in [-0.05, 0) is 53.9 Å². The fraction of sp³-hybridized carbons (Fsp3) is 0.917. The van der Waals surface area contributed by atoms with E-state index < -0.39 is 0 Å². The molecule has 0 unspecified atom stereocenters. The molecular weight excluding hydrogens is 477 g/mol. The third-order valence-corrected chi connectivity index (χ3v) is 10.2. The molecule has 2 saturated heterocycles. The molecule has 0 aromatic rings. The van der Waals surface area contributed by atoms with E-state index in [0.29, 0.717) is 17.4 Å². The minimum Gasteiger partial charge on any atom is -0.396 e. The quantitative estimate of drug-likeness (QED) is 0.332. The van der Waals surface area contributed by atoms with E-state index >= 15 is 0 Å². The molecule has 4 fully saturated rings. The number of unbranched alkanes of at least 4 members (excludes halogenated alkanes) is 1. The summed E-state index contributed by atoms with van der Waals surface area (Å²) in [4.78, 5) is 6.52. The number of nitrogens with zero attached hydrogens (tertiary/aromatic N) is 1. The van der Waals surface area contributed by atoms with Crippen molar-refractivity contribution in [3.63, 3.8) is 0 Å². The van der Waals surface area contributed by atoms with Gasteiger partial charge in [0, 0.05) is 5.41 Å². The fourth-order valence-corrected chi connectivity index (χ4v) is 7.28.